The highest BCUT2D eigenvalue weighted by molar-refractivity contribution is 7.21. The van der Waals surface area contributed by atoms with Gasteiger partial charge in [0, 0.05) is 11.1 Å². The van der Waals surface area contributed by atoms with Gasteiger partial charge in [-0.2, -0.15) is 0 Å². The second-order valence-electron chi connectivity index (χ2n) is 5.48. The average Bonchev–Trinajstić information content (AvgIpc) is 3.28. The molecular weight excluding hydrogens is 334 g/mol. The quantitative estimate of drug-likeness (QED) is 0.451. The van der Waals surface area contributed by atoms with E-state index in [0.717, 1.165) is 32.1 Å². The highest BCUT2D eigenvalue weighted by atomic mass is 32.1. The Labute approximate surface area is 148 Å². The largest absolute Gasteiger partial charge is 0.494 e. The number of ether oxygens (including phenoxy) is 1. The summed E-state index contributed by atoms with van der Waals surface area (Å²) >= 11 is 1.64. The van der Waals surface area contributed by atoms with Crippen molar-refractivity contribution >= 4 is 27.8 Å². The van der Waals surface area contributed by atoms with E-state index in [1.807, 2.05) is 49.4 Å². The maximum atomic E-state index is 10.7. The Morgan fingerprint density at radius 2 is 1.88 bits per heavy atom. The minimum absolute atomic E-state index is 0.329. The van der Waals surface area contributed by atoms with Crippen LogP contribution in [-0.2, 0) is 0 Å². The van der Waals surface area contributed by atoms with Crippen LogP contribution in [0.5, 0.6) is 5.75 Å². The van der Waals surface area contributed by atoms with Gasteiger partial charge in [-0.25, -0.2) is 4.98 Å². The van der Waals surface area contributed by atoms with Crippen molar-refractivity contribution in [1.82, 2.24) is 4.98 Å². The third kappa shape index (κ3) is 3.06. The number of nitrogens with zero attached hydrogens (tertiary/aromatic N) is 1. The number of hydrogen-bond donors (Lipinski definition) is 0. The lowest BCUT2D eigenvalue weighted by Crippen LogP contribution is -1.89. The lowest BCUT2D eigenvalue weighted by atomic mass is 10.1. The summed E-state index contributed by atoms with van der Waals surface area (Å²) in [5.41, 5.74) is 2.94. The topological polar surface area (TPSA) is 52.3 Å². The Kier molecular flexibility index (Phi) is 4.07. The number of carbonyl (C=O) groups excluding carboxylic acids is 1. The van der Waals surface area contributed by atoms with Crippen molar-refractivity contribution in [3.63, 3.8) is 0 Å². The molecule has 0 aliphatic heterocycles. The van der Waals surface area contributed by atoms with Crippen LogP contribution in [0.25, 0.3) is 32.1 Å². The molecule has 124 valence electrons. The Hall–Kier alpha value is -2.92. The van der Waals surface area contributed by atoms with Crippen molar-refractivity contribution in [3.05, 3.63) is 60.4 Å². The number of aldehydes is 1. The molecule has 25 heavy (non-hydrogen) atoms. The van der Waals surface area contributed by atoms with E-state index in [0.29, 0.717) is 24.4 Å². The second-order valence-corrected chi connectivity index (χ2v) is 6.51. The van der Waals surface area contributed by atoms with Crippen molar-refractivity contribution in [2.75, 3.05) is 6.61 Å². The molecule has 0 saturated heterocycles. The molecule has 0 spiro atoms. The molecule has 0 aliphatic carbocycles. The number of hydrogen-bond acceptors (Lipinski definition) is 5. The predicted molar refractivity (Wildman–Crippen MR) is 99.3 cm³/mol. The van der Waals surface area contributed by atoms with E-state index in [4.69, 9.17) is 14.1 Å². The first-order valence-corrected chi connectivity index (χ1v) is 8.77. The van der Waals surface area contributed by atoms with Gasteiger partial charge in [-0.3, -0.25) is 4.79 Å². The van der Waals surface area contributed by atoms with E-state index in [9.17, 15) is 4.79 Å². The summed E-state index contributed by atoms with van der Waals surface area (Å²) in [7, 11) is 0. The molecule has 2 aromatic carbocycles. The van der Waals surface area contributed by atoms with Gasteiger partial charge in [0.05, 0.1) is 16.8 Å². The molecular formula is C20H15NO3S. The number of fused-ring (bicyclic) bond motifs is 1. The van der Waals surface area contributed by atoms with Gasteiger partial charge in [0.1, 0.15) is 16.5 Å². The standard InChI is InChI=1S/C20H15NO3S/c1-2-23-15-7-9-17-19(11-15)25-20(21-17)14-5-3-13(4-6-14)18-10-8-16(12-22)24-18/h3-12H,2H2,1H3. The minimum Gasteiger partial charge on any atom is -0.494 e. The molecule has 4 nitrogen and oxygen atoms in total. The molecule has 2 aromatic heterocycles. The number of aromatic nitrogens is 1. The lowest BCUT2D eigenvalue weighted by molar-refractivity contribution is 0.110. The van der Waals surface area contributed by atoms with Crippen molar-refractivity contribution < 1.29 is 13.9 Å². The van der Waals surface area contributed by atoms with E-state index in [-0.39, 0.29) is 0 Å². The van der Waals surface area contributed by atoms with Crippen LogP contribution in [0.4, 0.5) is 0 Å². The molecule has 2 heterocycles. The Bertz CT molecular complexity index is 1030. The number of rotatable bonds is 5. The summed E-state index contributed by atoms with van der Waals surface area (Å²) in [5, 5.41) is 0.961. The van der Waals surface area contributed by atoms with Crippen molar-refractivity contribution in [1.29, 1.82) is 0 Å². The molecule has 0 radical (unpaired) electrons. The summed E-state index contributed by atoms with van der Waals surface area (Å²) in [6.45, 7) is 2.62. The predicted octanol–water partition coefficient (Wildman–Crippen LogP) is 5.43. The zero-order valence-electron chi connectivity index (χ0n) is 13.6. The first-order valence-electron chi connectivity index (χ1n) is 7.96. The summed E-state index contributed by atoms with van der Waals surface area (Å²) in [4.78, 5) is 15.4. The summed E-state index contributed by atoms with van der Waals surface area (Å²) < 4.78 is 12.1. The first-order chi connectivity index (χ1) is 12.3. The second kappa shape index (κ2) is 6.53. The zero-order chi connectivity index (χ0) is 17.2. The summed E-state index contributed by atoms with van der Waals surface area (Å²) in [6, 6.07) is 17.4. The average molecular weight is 349 g/mol. The van der Waals surface area contributed by atoms with Gasteiger partial charge in [0.2, 0.25) is 0 Å². The van der Waals surface area contributed by atoms with Crippen LogP contribution in [0.1, 0.15) is 17.5 Å². The van der Waals surface area contributed by atoms with Crippen molar-refractivity contribution in [2.45, 2.75) is 6.92 Å². The van der Waals surface area contributed by atoms with E-state index in [2.05, 4.69) is 0 Å². The smallest absolute Gasteiger partial charge is 0.185 e. The highest BCUT2D eigenvalue weighted by Crippen LogP contribution is 2.33. The molecule has 0 amide bonds. The highest BCUT2D eigenvalue weighted by Gasteiger charge is 2.09. The minimum atomic E-state index is 0.329. The van der Waals surface area contributed by atoms with E-state index < -0.39 is 0 Å². The molecule has 4 aromatic rings. The molecule has 4 rings (SSSR count). The summed E-state index contributed by atoms with van der Waals surface area (Å²) in [6.07, 6.45) is 0.704. The Morgan fingerprint density at radius 1 is 1.08 bits per heavy atom. The van der Waals surface area contributed by atoms with Gasteiger partial charge >= 0.3 is 0 Å². The molecule has 0 atom stereocenters. The third-order valence-electron chi connectivity index (χ3n) is 3.83. The lowest BCUT2D eigenvalue weighted by Gasteiger charge is -2.00. The van der Waals surface area contributed by atoms with Crippen molar-refractivity contribution in [3.8, 4) is 27.6 Å². The van der Waals surface area contributed by atoms with Crippen LogP contribution < -0.4 is 4.74 Å². The fraction of sp³-hybridized carbons (Fsp3) is 0.100. The van der Waals surface area contributed by atoms with E-state index in [1.165, 1.54) is 0 Å². The maximum Gasteiger partial charge on any atom is 0.185 e. The number of furan rings is 1. The molecule has 0 aliphatic rings. The van der Waals surface area contributed by atoms with Crippen LogP contribution >= 0.6 is 11.3 Å². The molecule has 0 N–H and O–H groups in total. The van der Waals surface area contributed by atoms with E-state index >= 15 is 0 Å². The molecule has 0 saturated carbocycles. The van der Waals surface area contributed by atoms with Crippen LogP contribution in [-0.4, -0.2) is 17.9 Å². The monoisotopic (exact) mass is 349 g/mol. The number of benzene rings is 2. The maximum absolute atomic E-state index is 10.7. The van der Waals surface area contributed by atoms with Gasteiger partial charge < -0.3 is 9.15 Å². The molecule has 0 fully saturated rings. The van der Waals surface area contributed by atoms with E-state index in [1.54, 1.807) is 23.5 Å². The molecule has 0 bridgehead atoms. The van der Waals surface area contributed by atoms with Crippen LogP contribution in [0.2, 0.25) is 0 Å². The third-order valence-corrected chi connectivity index (χ3v) is 4.90. The fourth-order valence-corrected chi connectivity index (χ4v) is 3.63. The van der Waals surface area contributed by atoms with Crippen LogP contribution in [0.15, 0.2) is 59.0 Å². The normalized spacial score (nSPS) is 10.9. The summed E-state index contributed by atoms with van der Waals surface area (Å²) in [5.74, 6) is 1.87. The van der Waals surface area contributed by atoms with Crippen molar-refractivity contribution in [2.24, 2.45) is 0 Å². The van der Waals surface area contributed by atoms with Gasteiger partial charge in [0.25, 0.3) is 0 Å². The SMILES string of the molecule is CCOc1ccc2nc(-c3ccc(-c4ccc(C=O)o4)cc3)sc2c1. The Balaban J connectivity index is 1.65. The molecule has 0 unspecified atom stereocenters. The number of carbonyl (C=O) groups is 1. The first kappa shape index (κ1) is 15.6. The molecule has 5 heteroatoms. The van der Waals surface area contributed by atoms with Crippen LogP contribution in [0, 0.1) is 0 Å². The van der Waals surface area contributed by atoms with Crippen LogP contribution in [0.3, 0.4) is 0 Å². The zero-order valence-corrected chi connectivity index (χ0v) is 14.4. The fourth-order valence-electron chi connectivity index (χ4n) is 2.63. The van der Waals surface area contributed by atoms with Gasteiger partial charge in [-0.1, -0.05) is 24.3 Å². The number of thiazole rings is 1. The van der Waals surface area contributed by atoms with Gasteiger partial charge in [-0.15, -0.1) is 11.3 Å². The Morgan fingerprint density at radius 3 is 2.60 bits per heavy atom. The van der Waals surface area contributed by atoms with Gasteiger partial charge in [0.15, 0.2) is 12.0 Å². The van der Waals surface area contributed by atoms with Gasteiger partial charge in [-0.05, 0) is 37.3 Å².